The Kier molecular flexibility index (Phi) is 1.09. The first-order valence-corrected chi connectivity index (χ1v) is 3.23. The molecule has 1 heterocycles. The van der Waals surface area contributed by atoms with Gasteiger partial charge in [-0.15, -0.1) is 0 Å². The maximum absolute atomic E-state index is 11.0. The lowest BCUT2D eigenvalue weighted by atomic mass is 10.1. The number of cyclic esters (lactones) is 1. The van der Waals surface area contributed by atoms with Gasteiger partial charge in [-0.25, -0.2) is 4.79 Å². The minimum absolute atomic E-state index is 0.200. The molecule has 1 aromatic rings. The van der Waals surface area contributed by atoms with E-state index in [1.165, 1.54) is 0 Å². The third-order valence-electron chi connectivity index (χ3n) is 1.62. The number of hydrogen-bond acceptors (Lipinski definition) is 2. The Hall–Kier alpha value is -1.57. The second-order valence-electron chi connectivity index (χ2n) is 2.30. The normalized spacial score (nSPS) is 14.5. The van der Waals surface area contributed by atoms with Gasteiger partial charge in [0.2, 0.25) is 0 Å². The molecule has 0 fully saturated rings. The number of carbonyl (C=O) groups is 1. The van der Waals surface area contributed by atoms with Crippen LogP contribution in [0.25, 0.3) is 5.76 Å². The molecule has 1 aliphatic heterocycles. The number of ether oxygens (including phenoxy) is 1. The smallest absolute Gasteiger partial charge is 0.344 e. The first-order valence-electron chi connectivity index (χ1n) is 3.23. The number of benzene rings is 1. The van der Waals surface area contributed by atoms with Crippen molar-refractivity contribution in [1.82, 2.24) is 0 Å². The monoisotopic (exact) mass is 145 g/mol. The van der Waals surface area contributed by atoms with E-state index < -0.39 is 0 Å². The van der Waals surface area contributed by atoms with Gasteiger partial charge in [0.25, 0.3) is 0 Å². The molecule has 0 N–H and O–H groups in total. The molecular formula is C9H5O2. The molecule has 1 radical (unpaired) electrons. The van der Waals surface area contributed by atoms with Crippen molar-refractivity contribution in [2.45, 2.75) is 0 Å². The molecule has 0 unspecified atom stereocenters. The van der Waals surface area contributed by atoms with Gasteiger partial charge in [0.1, 0.15) is 5.76 Å². The van der Waals surface area contributed by atoms with Crippen molar-refractivity contribution in [2.24, 2.45) is 0 Å². The van der Waals surface area contributed by atoms with Gasteiger partial charge in [-0.1, -0.05) is 18.2 Å². The highest BCUT2D eigenvalue weighted by molar-refractivity contribution is 6.02. The molecule has 11 heavy (non-hydrogen) atoms. The van der Waals surface area contributed by atoms with E-state index in [9.17, 15) is 4.79 Å². The van der Waals surface area contributed by atoms with Crippen LogP contribution in [0.3, 0.4) is 0 Å². The summed E-state index contributed by atoms with van der Waals surface area (Å²) in [7, 11) is 0. The van der Waals surface area contributed by atoms with Gasteiger partial charge in [0.15, 0.2) is 0 Å². The lowest BCUT2D eigenvalue weighted by Crippen LogP contribution is -1.91. The molecule has 0 atom stereocenters. The summed E-state index contributed by atoms with van der Waals surface area (Å²) in [5, 5.41) is 0. The van der Waals surface area contributed by atoms with Gasteiger partial charge >= 0.3 is 5.97 Å². The third kappa shape index (κ3) is 0.759. The van der Waals surface area contributed by atoms with Crippen molar-refractivity contribution < 1.29 is 9.53 Å². The van der Waals surface area contributed by atoms with E-state index in [0.717, 1.165) is 0 Å². The molecular weight excluding hydrogens is 140 g/mol. The van der Waals surface area contributed by atoms with E-state index in [2.05, 4.69) is 4.74 Å². The maximum Gasteiger partial charge on any atom is 0.344 e. The van der Waals surface area contributed by atoms with Crippen LogP contribution in [0.4, 0.5) is 0 Å². The predicted octanol–water partition coefficient (Wildman–Crippen LogP) is 1.63. The number of fused-ring (bicyclic) bond motifs is 1. The molecule has 0 bridgehead atoms. The lowest BCUT2D eigenvalue weighted by molar-refractivity contribution is 0.0716. The van der Waals surface area contributed by atoms with Gasteiger partial charge in [0, 0.05) is 5.56 Å². The second-order valence-corrected chi connectivity index (χ2v) is 2.30. The fourth-order valence-electron chi connectivity index (χ4n) is 1.09. The van der Waals surface area contributed by atoms with Crippen molar-refractivity contribution >= 4 is 11.7 Å². The zero-order valence-corrected chi connectivity index (χ0v) is 5.70. The third-order valence-corrected chi connectivity index (χ3v) is 1.62. The van der Waals surface area contributed by atoms with Crippen LogP contribution in [0.2, 0.25) is 0 Å². The molecule has 0 spiro atoms. The van der Waals surface area contributed by atoms with Gasteiger partial charge in [-0.05, 0) is 12.6 Å². The Morgan fingerprint density at radius 3 is 2.45 bits per heavy atom. The molecule has 2 rings (SSSR count). The molecule has 1 aromatic carbocycles. The topological polar surface area (TPSA) is 26.3 Å². The quantitative estimate of drug-likeness (QED) is 0.518. The van der Waals surface area contributed by atoms with Crippen LogP contribution in [0.5, 0.6) is 0 Å². The van der Waals surface area contributed by atoms with Crippen molar-refractivity contribution in [3.63, 3.8) is 0 Å². The Labute approximate surface area is 64.1 Å². The number of hydrogen-bond donors (Lipinski definition) is 0. The minimum atomic E-state index is -0.363. The Morgan fingerprint density at radius 2 is 1.82 bits per heavy atom. The molecule has 2 heteroatoms. The summed E-state index contributed by atoms with van der Waals surface area (Å²) >= 11 is 0. The summed E-state index contributed by atoms with van der Waals surface area (Å²) in [4.78, 5) is 11.0. The van der Waals surface area contributed by atoms with Gasteiger partial charge in [-0.3, -0.25) is 0 Å². The molecule has 0 amide bonds. The summed E-state index contributed by atoms with van der Waals surface area (Å²) in [5.41, 5.74) is 1.24. The second kappa shape index (κ2) is 1.95. The minimum Gasteiger partial charge on any atom is -0.422 e. The molecule has 0 aromatic heterocycles. The largest absolute Gasteiger partial charge is 0.422 e. The fourth-order valence-corrected chi connectivity index (χ4v) is 1.09. The first-order chi connectivity index (χ1) is 5.29. The highest BCUT2D eigenvalue weighted by Gasteiger charge is 2.23. The fraction of sp³-hybridized carbons (Fsp3) is 0. The summed E-state index contributed by atoms with van der Waals surface area (Å²) in [6.07, 6.45) is 0. The number of esters is 1. The lowest BCUT2D eigenvalue weighted by Gasteiger charge is -1.90. The SMILES string of the molecule is [CH]=C1OC(=O)c2ccccc21. The zero-order valence-electron chi connectivity index (χ0n) is 5.70. The molecule has 0 saturated heterocycles. The van der Waals surface area contributed by atoms with Crippen molar-refractivity contribution in [3.8, 4) is 0 Å². The van der Waals surface area contributed by atoms with Crippen molar-refractivity contribution in [2.75, 3.05) is 0 Å². The van der Waals surface area contributed by atoms with Crippen LogP contribution in [0.15, 0.2) is 24.3 Å². The molecule has 53 valence electrons. The number of carbonyl (C=O) groups excluding carboxylic acids is 1. The van der Waals surface area contributed by atoms with E-state index in [4.69, 9.17) is 6.58 Å². The van der Waals surface area contributed by atoms with Crippen molar-refractivity contribution in [3.05, 3.63) is 42.0 Å². The van der Waals surface area contributed by atoms with Gasteiger partial charge in [0.05, 0.1) is 5.56 Å². The van der Waals surface area contributed by atoms with Gasteiger partial charge < -0.3 is 4.74 Å². The van der Waals surface area contributed by atoms with Crippen LogP contribution < -0.4 is 0 Å². The number of rotatable bonds is 0. The molecule has 2 nitrogen and oxygen atoms in total. The van der Waals surface area contributed by atoms with Crippen LogP contribution in [-0.2, 0) is 4.74 Å². The standard InChI is InChI=1S/C9H5O2/c1-6-7-4-2-3-5-8(7)9(10)11-6/h1-5H. The molecule has 1 aliphatic rings. The average Bonchev–Trinajstić information content (AvgIpc) is 2.30. The highest BCUT2D eigenvalue weighted by Crippen LogP contribution is 2.26. The summed E-state index contributed by atoms with van der Waals surface area (Å²) in [6, 6.07) is 7.04. The van der Waals surface area contributed by atoms with E-state index in [0.29, 0.717) is 11.1 Å². The summed E-state index contributed by atoms with van der Waals surface area (Å²) in [5.74, 6) is -0.163. The Morgan fingerprint density at radius 1 is 1.18 bits per heavy atom. The van der Waals surface area contributed by atoms with Crippen molar-refractivity contribution in [1.29, 1.82) is 0 Å². The van der Waals surface area contributed by atoms with E-state index >= 15 is 0 Å². The van der Waals surface area contributed by atoms with Gasteiger partial charge in [-0.2, -0.15) is 0 Å². The Balaban J connectivity index is 2.69. The van der Waals surface area contributed by atoms with E-state index in [1.807, 2.05) is 6.07 Å². The summed E-state index contributed by atoms with van der Waals surface area (Å²) in [6.45, 7) is 5.41. The maximum atomic E-state index is 11.0. The summed E-state index contributed by atoms with van der Waals surface area (Å²) < 4.78 is 4.69. The van der Waals surface area contributed by atoms with Crippen LogP contribution >= 0.6 is 0 Å². The predicted molar refractivity (Wildman–Crippen MR) is 39.6 cm³/mol. The van der Waals surface area contributed by atoms with Crippen LogP contribution in [0.1, 0.15) is 15.9 Å². The van der Waals surface area contributed by atoms with E-state index in [1.54, 1.807) is 18.2 Å². The van der Waals surface area contributed by atoms with Crippen LogP contribution in [-0.4, -0.2) is 5.97 Å². The highest BCUT2D eigenvalue weighted by atomic mass is 16.5. The Bertz CT molecular complexity index is 306. The molecule has 0 aliphatic carbocycles. The molecule has 0 saturated carbocycles. The zero-order chi connectivity index (χ0) is 7.84. The average molecular weight is 145 g/mol. The van der Waals surface area contributed by atoms with Crippen LogP contribution in [0, 0.1) is 6.58 Å². The van der Waals surface area contributed by atoms with E-state index in [-0.39, 0.29) is 11.7 Å². The first kappa shape index (κ1) is 6.16.